The minimum atomic E-state index is 1.19. The molecule has 136 valence electrons. The highest BCUT2D eigenvalue weighted by Gasteiger charge is 2.03. The Bertz CT molecular complexity index is 950. The first-order chi connectivity index (χ1) is 13.0. The average molecular weight is 358 g/mol. The van der Waals surface area contributed by atoms with E-state index in [2.05, 4.69) is 111 Å². The summed E-state index contributed by atoms with van der Waals surface area (Å²) in [5.41, 5.74) is 5.98. The van der Waals surface area contributed by atoms with Crippen LogP contribution in [0.5, 0.6) is 0 Å². The average Bonchev–Trinajstić information content (AvgIpc) is 2.67. The second kappa shape index (κ2) is 8.45. The van der Waals surface area contributed by atoms with E-state index in [1.807, 2.05) is 23.2 Å². The van der Waals surface area contributed by atoms with Crippen LogP contribution in [-0.2, 0) is 14.1 Å². The molecule has 0 spiro atoms. The van der Waals surface area contributed by atoms with E-state index >= 15 is 0 Å². The van der Waals surface area contributed by atoms with Gasteiger partial charge >= 0.3 is 0 Å². The fraction of sp³-hybridized carbons (Fsp3) is 0.167. The van der Waals surface area contributed by atoms with E-state index in [1.165, 1.54) is 27.9 Å². The third-order valence-corrected chi connectivity index (χ3v) is 4.47. The van der Waals surface area contributed by atoms with Gasteiger partial charge in [0.25, 0.3) is 0 Å². The van der Waals surface area contributed by atoms with Crippen molar-refractivity contribution in [3.05, 3.63) is 89.5 Å². The van der Waals surface area contributed by atoms with E-state index in [0.717, 1.165) is 0 Å². The number of benzene rings is 1. The lowest BCUT2D eigenvalue weighted by Crippen LogP contribution is -2.25. The quantitative estimate of drug-likeness (QED) is 0.633. The van der Waals surface area contributed by atoms with E-state index in [0.29, 0.717) is 0 Å². The summed E-state index contributed by atoms with van der Waals surface area (Å²) in [5, 5.41) is 0. The van der Waals surface area contributed by atoms with E-state index < -0.39 is 0 Å². The largest absolute Gasteiger partial charge is 0.377 e. The van der Waals surface area contributed by atoms with Gasteiger partial charge in [-0.05, 0) is 34.4 Å². The Morgan fingerprint density at radius 2 is 1.11 bits per heavy atom. The molecule has 3 heteroatoms. The first kappa shape index (κ1) is 18.6. The zero-order valence-electron chi connectivity index (χ0n) is 16.5. The van der Waals surface area contributed by atoms with Gasteiger partial charge in [-0.1, -0.05) is 30.4 Å². The third-order valence-electron chi connectivity index (χ3n) is 4.47. The van der Waals surface area contributed by atoms with Crippen LogP contribution in [-0.4, -0.2) is 14.1 Å². The van der Waals surface area contributed by atoms with Crippen molar-refractivity contribution in [1.82, 2.24) is 0 Å². The molecule has 0 amide bonds. The summed E-state index contributed by atoms with van der Waals surface area (Å²) in [6.45, 7) is 0. The normalized spacial score (nSPS) is 11.4. The van der Waals surface area contributed by atoms with E-state index in [9.17, 15) is 0 Å². The minimum Gasteiger partial charge on any atom is -0.377 e. The number of aromatic nitrogens is 2. The van der Waals surface area contributed by atoms with Crippen LogP contribution in [0.15, 0.2) is 67.3 Å². The van der Waals surface area contributed by atoms with Crippen LogP contribution >= 0.6 is 0 Å². The van der Waals surface area contributed by atoms with Crippen molar-refractivity contribution < 1.29 is 9.13 Å². The highest BCUT2D eigenvalue weighted by Crippen LogP contribution is 2.23. The molecule has 0 unspecified atom stereocenters. The number of pyridine rings is 2. The molecule has 3 aromatic rings. The molecule has 27 heavy (non-hydrogen) atoms. The highest BCUT2D eigenvalue weighted by atomic mass is 15.1. The minimum absolute atomic E-state index is 1.19. The fourth-order valence-corrected chi connectivity index (χ4v) is 2.84. The Morgan fingerprint density at radius 1 is 0.630 bits per heavy atom. The van der Waals surface area contributed by atoms with Crippen molar-refractivity contribution in [3.63, 3.8) is 0 Å². The van der Waals surface area contributed by atoms with Crippen molar-refractivity contribution in [2.24, 2.45) is 14.1 Å². The summed E-state index contributed by atoms with van der Waals surface area (Å²) in [6, 6.07) is 15.0. The lowest BCUT2D eigenvalue weighted by Gasteiger charge is -2.16. The Morgan fingerprint density at radius 3 is 1.63 bits per heavy atom. The Labute approximate surface area is 162 Å². The molecule has 0 bridgehead atoms. The maximum atomic E-state index is 2.23. The molecular weight excluding hydrogens is 330 g/mol. The smallest absolute Gasteiger partial charge is 0.169 e. The van der Waals surface area contributed by atoms with Crippen LogP contribution in [0.1, 0.15) is 22.3 Å². The van der Waals surface area contributed by atoms with E-state index in [4.69, 9.17) is 0 Å². The summed E-state index contributed by atoms with van der Waals surface area (Å²) < 4.78 is 4.08. The summed E-state index contributed by atoms with van der Waals surface area (Å²) in [7, 11) is 8.21. The van der Waals surface area contributed by atoms with Crippen LogP contribution in [0.3, 0.4) is 0 Å². The molecule has 0 saturated heterocycles. The van der Waals surface area contributed by atoms with Gasteiger partial charge < -0.3 is 4.90 Å². The lowest BCUT2D eigenvalue weighted by molar-refractivity contribution is -0.671. The van der Waals surface area contributed by atoms with Gasteiger partial charge in [0, 0.05) is 44.0 Å². The van der Waals surface area contributed by atoms with Crippen molar-refractivity contribution in [2.75, 3.05) is 19.0 Å². The van der Waals surface area contributed by atoms with Gasteiger partial charge in [-0.3, -0.25) is 0 Å². The van der Waals surface area contributed by atoms with E-state index in [1.54, 1.807) is 0 Å². The van der Waals surface area contributed by atoms with Gasteiger partial charge in [0.2, 0.25) is 0 Å². The number of nitrogens with zero attached hydrogens (tertiary/aromatic N) is 3. The molecule has 1 aromatic carbocycles. The molecule has 0 radical (unpaired) electrons. The number of rotatable bonds is 5. The van der Waals surface area contributed by atoms with Crippen LogP contribution in [0, 0.1) is 0 Å². The Balaban J connectivity index is 1.88. The van der Waals surface area contributed by atoms with Gasteiger partial charge in [0.05, 0.1) is 0 Å². The molecule has 0 saturated carbocycles. The summed E-state index contributed by atoms with van der Waals surface area (Å²) in [5.74, 6) is 0. The molecule has 2 aromatic heterocycles. The van der Waals surface area contributed by atoms with Crippen LogP contribution in [0.4, 0.5) is 5.69 Å². The van der Waals surface area contributed by atoms with Gasteiger partial charge in [0.1, 0.15) is 14.1 Å². The molecule has 3 rings (SSSR count). The zero-order chi connectivity index (χ0) is 19.2. The molecule has 0 atom stereocenters. The summed E-state index contributed by atoms with van der Waals surface area (Å²) in [4.78, 5) is 2.15. The van der Waals surface area contributed by atoms with Gasteiger partial charge in [-0.25, -0.2) is 9.13 Å². The van der Waals surface area contributed by atoms with Crippen molar-refractivity contribution in [1.29, 1.82) is 0 Å². The monoisotopic (exact) mass is 357 g/mol. The molecule has 0 aliphatic carbocycles. The zero-order valence-corrected chi connectivity index (χ0v) is 16.5. The maximum Gasteiger partial charge on any atom is 0.169 e. The SMILES string of the molecule is CN(C)c1ccc(/C=C/c2cc[n+](C)cc2)cc1/C=C/c1cc[n+](C)cc1. The Hall–Kier alpha value is -3.20. The molecule has 2 heterocycles. The first-order valence-electron chi connectivity index (χ1n) is 9.09. The molecular formula is C24H27N3+2. The molecule has 0 aliphatic rings. The summed E-state index contributed by atoms with van der Waals surface area (Å²) >= 11 is 0. The number of anilines is 1. The molecule has 0 aliphatic heterocycles. The van der Waals surface area contributed by atoms with Crippen LogP contribution < -0.4 is 14.0 Å². The first-order valence-corrected chi connectivity index (χ1v) is 9.09. The second-order valence-electron chi connectivity index (χ2n) is 6.97. The Kier molecular flexibility index (Phi) is 5.82. The summed E-state index contributed by atoms with van der Waals surface area (Å²) in [6.07, 6.45) is 16.9. The predicted molar refractivity (Wildman–Crippen MR) is 114 cm³/mol. The van der Waals surface area contributed by atoms with Gasteiger partial charge in [-0.15, -0.1) is 0 Å². The number of aryl methyl sites for hydroxylation is 2. The van der Waals surface area contributed by atoms with Crippen molar-refractivity contribution >= 4 is 30.0 Å². The van der Waals surface area contributed by atoms with Gasteiger partial charge in [-0.2, -0.15) is 0 Å². The fourth-order valence-electron chi connectivity index (χ4n) is 2.84. The van der Waals surface area contributed by atoms with Crippen LogP contribution in [0.2, 0.25) is 0 Å². The molecule has 3 nitrogen and oxygen atoms in total. The van der Waals surface area contributed by atoms with Crippen molar-refractivity contribution in [3.8, 4) is 0 Å². The van der Waals surface area contributed by atoms with Crippen LogP contribution in [0.25, 0.3) is 24.3 Å². The standard InChI is InChI=1S/C24H27N3/c1-25(2)24-10-8-22(6-5-20-11-15-26(3)16-12-20)19-23(24)9-7-21-13-17-27(4)18-14-21/h5-19H,1-4H3/q+2. The number of hydrogen-bond acceptors (Lipinski definition) is 1. The maximum absolute atomic E-state index is 2.23. The number of hydrogen-bond donors (Lipinski definition) is 0. The predicted octanol–water partition coefficient (Wildman–Crippen LogP) is 3.74. The highest BCUT2D eigenvalue weighted by molar-refractivity contribution is 5.80. The molecule has 0 N–H and O–H groups in total. The van der Waals surface area contributed by atoms with Crippen molar-refractivity contribution in [2.45, 2.75) is 0 Å². The second-order valence-corrected chi connectivity index (χ2v) is 6.97. The van der Waals surface area contributed by atoms with Gasteiger partial charge in [0.15, 0.2) is 24.8 Å². The topological polar surface area (TPSA) is 11.0 Å². The lowest BCUT2D eigenvalue weighted by atomic mass is 10.0. The van der Waals surface area contributed by atoms with E-state index in [-0.39, 0.29) is 0 Å². The third kappa shape index (κ3) is 5.14. The molecule has 0 fully saturated rings.